The number of hydrogen-bond donors (Lipinski definition) is 1. The van der Waals surface area contributed by atoms with Crippen LogP contribution in [0, 0.1) is 13.8 Å². The molecule has 0 aliphatic heterocycles. The van der Waals surface area contributed by atoms with E-state index in [9.17, 15) is 0 Å². The van der Waals surface area contributed by atoms with Crippen LogP contribution >= 0.6 is 11.3 Å². The molecule has 86 valence electrons. The van der Waals surface area contributed by atoms with Crippen LogP contribution in [0.15, 0.2) is 18.3 Å². The van der Waals surface area contributed by atoms with E-state index in [-0.39, 0.29) is 5.95 Å². The van der Waals surface area contributed by atoms with Gasteiger partial charge in [-0.05, 0) is 26.0 Å². The number of thiophene rings is 1. The zero-order valence-electron chi connectivity index (χ0n) is 9.51. The summed E-state index contributed by atoms with van der Waals surface area (Å²) >= 11 is 1.61. The molecule has 2 N–H and O–H groups in total. The van der Waals surface area contributed by atoms with Gasteiger partial charge in [0.05, 0.1) is 11.1 Å². The Morgan fingerprint density at radius 2 is 2.12 bits per heavy atom. The maximum atomic E-state index is 5.72. The Morgan fingerprint density at radius 1 is 1.29 bits per heavy atom. The predicted molar refractivity (Wildman–Crippen MR) is 68.4 cm³/mol. The quantitative estimate of drug-likeness (QED) is 0.712. The van der Waals surface area contributed by atoms with Crippen LogP contribution < -0.4 is 5.73 Å². The molecule has 0 aliphatic carbocycles. The Hall–Kier alpha value is -1.95. The van der Waals surface area contributed by atoms with Crippen molar-refractivity contribution in [2.24, 2.45) is 0 Å². The molecule has 6 heteroatoms. The minimum Gasteiger partial charge on any atom is -0.368 e. The fourth-order valence-electron chi connectivity index (χ4n) is 1.75. The molecule has 0 fully saturated rings. The highest BCUT2D eigenvalue weighted by molar-refractivity contribution is 7.18. The Kier molecular flexibility index (Phi) is 2.12. The highest BCUT2D eigenvalue weighted by Gasteiger charge is 2.11. The van der Waals surface area contributed by atoms with Crippen LogP contribution in [0.1, 0.15) is 10.6 Å². The van der Waals surface area contributed by atoms with Crippen LogP contribution in [-0.2, 0) is 0 Å². The molecule has 0 saturated heterocycles. The van der Waals surface area contributed by atoms with Gasteiger partial charge in [0.25, 0.3) is 0 Å². The standard InChI is InChI=1S/C11H11N5S/c1-6-3-4-16(15-6)9-8-5-7(2)17-10(8)14-11(12)13-9/h3-5H,1-2H3,(H2,12,13,14). The monoisotopic (exact) mass is 245 g/mol. The normalized spacial score (nSPS) is 11.2. The second-order valence-corrected chi connectivity index (χ2v) is 5.12. The lowest BCUT2D eigenvalue weighted by atomic mass is 10.3. The van der Waals surface area contributed by atoms with E-state index in [1.54, 1.807) is 16.0 Å². The van der Waals surface area contributed by atoms with Crippen LogP contribution in [0.2, 0.25) is 0 Å². The number of nitrogens with two attached hydrogens (primary N) is 1. The molecule has 0 unspecified atom stereocenters. The fraction of sp³-hybridized carbons (Fsp3) is 0.182. The third-order valence-electron chi connectivity index (χ3n) is 2.45. The maximum Gasteiger partial charge on any atom is 0.223 e. The minimum atomic E-state index is 0.280. The summed E-state index contributed by atoms with van der Waals surface area (Å²) in [5.74, 6) is 1.02. The van der Waals surface area contributed by atoms with Crippen molar-refractivity contribution in [3.8, 4) is 5.82 Å². The van der Waals surface area contributed by atoms with Crippen molar-refractivity contribution in [2.75, 3.05) is 5.73 Å². The van der Waals surface area contributed by atoms with Gasteiger partial charge in [0.15, 0.2) is 5.82 Å². The van der Waals surface area contributed by atoms with Crippen LogP contribution in [0.4, 0.5) is 5.95 Å². The van der Waals surface area contributed by atoms with E-state index < -0.39 is 0 Å². The van der Waals surface area contributed by atoms with Gasteiger partial charge in [0.2, 0.25) is 5.95 Å². The average molecular weight is 245 g/mol. The van der Waals surface area contributed by atoms with E-state index in [4.69, 9.17) is 5.73 Å². The fourth-order valence-corrected chi connectivity index (χ4v) is 2.63. The summed E-state index contributed by atoms with van der Waals surface area (Å²) in [4.78, 5) is 10.6. The highest BCUT2D eigenvalue weighted by atomic mass is 32.1. The molecular formula is C11H11N5S. The van der Waals surface area contributed by atoms with Crippen molar-refractivity contribution in [2.45, 2.75) is 13.8 Å². The van der Waals surface area contributed by atoms with Crippen molar-refractivity contribution in [3.63, 3.8) is 0 Å². The lowest BCUT2D eigenvalue weighted by Gasteiger charge is -2.02. The van der Waals surface area contributed by atoms with Crippen molar-refractivity contribution in [3.05, 3.63) is 28.9 Å². The molecule has 0 saturated carbocycles. The van der Waals surface area contributed by atoms with Gasteiger partial charge in [0, 0.05) is 11.1 Å². The first-order valence-electron chi connectivity index (χ1n) is 5.20. The molecule has 0 amide bonds. The Bertz CT molecular complexity index is 697. The number of anilines is 1. The average Bonchev–Trinajstić information content (AvgIpc) is 2.82. The van der Waals surface area contributed by atoms with Gasteiger partial charge in [-0.1, -0.05) is 0 Å². The summed E-state index contributed by atoms with van der Waals surface area (Å²) in [5, 5.41) is 5.35. The van der Waals surface area contributed by atoms with Crippen LogP contribution in [0.25, 0.3) is 16.0 Å². The molecule has 3 aromatic rings. The van der Waals surface area contributed by atoms with E-state index in [1.165, 1.54) is 4.88 Å². The number of hydrogen-bond acceptors (Lipinski definition) is 5. The molecule has 5 nitrogen and oxygen atoms in total. The van der Waals surface area contributed by atoms with Crippen molar-refractivity contribution in [1.82, 2.24) is 19.7 Å². The maximum absolute atomic E-state index is 5.72. The van der Waals surface area contributed by atoms with Crippen molar-refractivity contribution in [1.29, 1.82) is 0 Å². The Morgan fingerprint density at radius 3 is 2.82 bits per heavy atom. The lowest BCUT2D eigenvalue weighted by Crippen LogP contribution is -2.03. The first-order chi connectivity index (χ1) is 8.13. The third-order valence-corrected chi connectivity index (χ3v) is 3.40. The summed E-state index contributed by atoms with van der Waals surface area (Å²) in [6, 6.07) is 4.00. The zero-order valence-corrected chi connectivity index (χ0v) is 10.3. The molecule has 3 aromatic heterocycles. The van der Waals surface area contributed by atoms with Crippen molar-refractivity contribution < 1.29 is 0 Å². The molecule has 0 atom stereocenters. The molecule has 3 heterocycles. The number of nitrogen functional groups attached to an aromatic ring is 1. The molecule has 3 rings (SSSR count). The van der Waals surface area contributed by atoms with Gasteiger partial charge >= 0.3 is 0 Å². The number of aromatic nitrogens is 4. The second kappa shape index (κ2) is 3.53. The van der Waals surface area contributed by atoms with Gasteiger partial charge in [-0.15, -0.1) is 11.3 Å². The Labute approximate surface area is 102 Å². The number of nitrogens with zero attached hydrogens (tertiary/aromatic N) is 4. The molecule has 0 aliphatic rings. The van der Waals surface area contributed by atoms with Gasteiger partial charge in [-0.3, -0.25) is 0 Å². The van der Waals surface area contributed by atoms with Crippen molar-refractivity contribution >= 4 is 27.5 Å². The number of fused-ring (bicyclic) bond motifs is 1. The predicted octanol–water partition coefficient (Wildman–Crippen LogP) is 2.08. The number of rotatable bonds is 1. The molecule has 0 radical (unpaired) electrons. The van der Waals surface area contributed by atoms with Gasteiger partial charge in [-0.25, -0.2) is 9.67 Å². The smallest absolute Gasteiger partial charge is 0.223 e. The van der Waals surface area contributed by atoms with Gasteiger partial charge in [0.1, 0.15) is 4.83 Å². The molecular weight excluding hydrogens is 234 g/mol. The van der Waals surface area contributed by atoms with Crippen LogP contribution in [0.3, 0.4) is 0 Å². The summed E-state index contributed by atoms with van der Waals surface area (Å²) in [6.45, 7) is 3.98. The van der Waals surface area contributed by atoms with Crippen LogP contribution in [-0.4, -0.2) is 19.7 Å². The molecule has 17 heavy (non-hydrogen) atoms. The minimum absolute atomic E-state index is 0.280. The largest absolute Gasteiger partial charge is 0.368 e. The summed E-state index contributed by atoms with van der Waals surface area (Å²) < 4.78 is 1.74. The highest BCUT2D eigenvalue weighted by Crippen LogP contribution is 2.27. The molecule has 0 spiro atoms. The molecule has 0 bridgehead atoms. The second-order valence-electron chi connectivity index (χ2n) is 3.88. The van der Waals surface area contributed by atoms with E-state index in [1.807, 2.05) is 26.1 Å². The van der Waals surface area contributed by atoms with E-state index in [0.29, 0.717) is 0 Å². The topological polar surface area (TPSA) is 69.6 Å². The summed E-state index contributed by atoms with van der Waals surface area (Å²) in [7, 11) is 0. The lowest BCUT2D eigenvalue weighted by molar-refractivity contribution is 0.839. The van der Waals surface area contributed by atoms with E-state index >= 15 is 0 Å². The SMILES string of the molecule is Cc1ccn(-c2nc(N)nc3sc(C)cc23)n1. The first kappa shape index (κ1) is 10.2. The number of aryl methyl sites for hydroxylation is 2. The first-order valence-corrected chi connectivity index (χ1v) is 6.01. The molecule has 0 aromatic carbocycles. The summed E-state index contributed by atoms with van der Waals surface area (Å²) in [5.41, 5.74) is 6.67. The Balaban J connectivity index is 2.34. The zero-order chi connectivity index (χ0) is 12.0. The van der Waals surface area contributed by atoms with E-state index in [2.05, 4.69) is 21.1 Å². The summed E-state index contributed by atoms with van der Waals surface area (Å²) in [6.07, 6.45) is 1.88. The van der Waals surface area contributed by atoms with Gasteiger partial charge < -0.3 is 5.73 Å². The van der Waals surface area contributed by atoms with Gasteiger partial charge in [-0.2, -0.15) is 10.1 Å². The third kappa shape index (κ3) is 1.66. The van der Waals surface area contributed by atoms with E-state index in [0.717, 1.165) is 21.7 Å². The van der Waals surface area contributed by atoms with Crippen LogP contribution in [0.5, 0.6) is 0 Å².